The van der Waals surface area contributed by atoms with E-state index >= 15 is 0 Å². The molecule has 0 N–H and O–H groups in total. The van der Waals surface area contributed by atoms with Crippen molar-refractivity contribution in [2.24, 2.45) is 0 Å². The lowest BCUT2D eigenvalue weighted by Crippen LogP contribution is -2.11. The molecule has 0 aliphatic heterocycles. The van der Waals surface area contributed by atoms with Crippen molar-refractivity contribution in [1.82, 2.24) is 0 Å². The highest BCUT2D eigenvalue weighted by atomic mass is 32.2. The Morgan fingerprint density at radius 3 is 2.44 bits per heavy atom. The maximum Gasteiger partial charge on any atom is 0.272 e. The lowest BCUT2D eigenvalue weighted by molar-refractivity contribution is -0.385. The Kier molecular flexibility index (Phi) is 5.92. The van der Waals surface area contributed by atoms with Crippen molar-refractivity contribution >= 4 is 15.8 Å². The second-order valence-electron chi connectivity index (χ2n) is 6.07. The predicted molar refractivity (Wildman–Crippen MR) is 93.6 cm³/mol. The van der Waals surface area contributed by atoms with E-state index in [0.717, 1.165) is 12.0 Å². The van der Waals surface area contributed by atoms with Gasteiger partial charge in [-0.05, 0) is 37.3 Å². The van der Waals surface area contributed by atoms with Gasteiger partial charge in [-0.25, -0.2) is 8.42 Å². The van der Waals surface area contributed by atoms with Crippen LogP contribution >= 0.6 is 0 Å². The Balaban J connectivity index is 2.54. The first-order chi connectivity index (χ1) is 11.7. The number of benzene rings is 2. The van der Waals surface area contributed by atoms with E-state index in [1.807, 2.05) is 13.8 Å². The van der Waals surface area contributed by atoms with Gasteiger partial charge in [0, 0.05) is 11.6 Å². The lowest BCUT2D eigenvalue weighted by Gasteiger charge is -2.22. The monoisotopic (exact) mass is 362 g/mol. The molecule has 134 valence electrons. The molecule has 0 spiro atoms. The van der Waals surface area contributed by atoms with Crippen LogP contribution in [-0.2, 0) is 16.5 Å². The van der Waals surface area contributed by atoms with Crippen LogP contribution in [0.2, 0.25) is 0 Å². The summed E-state index contributed by atoms with van der Waals surface area (Å²) in [7, 11) is -4.62. The molecule has 0 aliphatic carbocycles. The fourth-order valence-corrected chi connectivity index (χ4v) is 3.81. The van der Waals surface area contributed by atoms with Gasteiger partial charge in [-0.3, -0.25) is 10.1 Å². The van der Waals surface area contributed by atoms with Crippen molar-refractivity contribution in [3.8, 4) is 0 Å². The van der Waals surface area contributed by atoms with Crippen molar-refractivity contribution in [2.75, 3.05) is 0 Å². The van der Waals surface area contributed by atoms with E-state index in [1.165, 1.54) is 12.1 Å². The minimum absolute atomic E-state index is 0.00258. The van der Waals surface area contributed by atoms with E-state index in [1.54, 1.807) is 30.3 Å². The summed E-state index contributed by atoms with van der Waals surface area (Å²) >= 11 is 0. The molecule has 0 heterocycles. The highest BCUT2D eigenvalue weighted by Crippen LogP contribution is 2.33. The van der Waals surface area contributed by atoms with Gasteiger partial charge in [-0.2, -0.15) is 0 Å². The van der Waals surface area contributed by atoms with E-state index in [0.29, 0.717) is 24.0 Å². The van der Waals surface area contributed by atoms with E-state index < -0.39 is 15.0 Å². The smallest absolute Gasteiger partial charge is 0.272 e. The second kappa shape index (κ2) is 7.76. The maximum atomic E-state index is 11.6. The molecule has 25 heavy (non-hydrogen) atoms. The van der Waals surface area contributed by atoms with Gasteiger partial charge < -0.3 is 4.55 Å². The van der Waals surface area contributed by atoms with Crippen LogP contribution < -0.4 is 0 Å². The number of rotatable bonds is 7. The first-order valence-electron chi connectivity index (χ1n) is 8.02. The molecule has 0 radical (unpaired) electrons. The van der Waals surface area contributed by atoms with Crippen molar-refractivity contribution < 1.29 is 17.9 Å². The average Bonchev–Trinajstić information content (AvgIpc) is 2.53. The third kappa shape index (κ3) is 4.64. The van der Waals surface area contributed by atoms with Crippen LogP contribution in [0, 0.1) is 17.0 Å². The fraction of sp³-hybridized carbons (Fsp3) is 0.333. The van der Waals surface area contributed by atoms with Gasteiger partial charge in [0.05, 0.1) is 9.82 Å². The standard InChI is InChI=1S/C18H21NO5S/c1-3-6-14(12-15-7-4-5-8-17(15)19(20)21)16-11-13(2)9-10-18(16)25(22,23)24/h4-5,7-11,14H,3,6,12H2,1-2H3,(H,22,23,24)/p-1. The fourth-order valence-electron chi connectivity index (χ4n) is 3.06. The third-order valence-electron chi connectivity index (χ3n) is 4.17. The Labute approximate surface area is 147 Å². The van der Waals surface area contributed by atoms with Crippen LogP contribution in [0.25, 0.3) is 0 Å². The highest BCUT2D eigenvalue weighted by molar-refractivity contribution is 7.85. The number of nitrogens with zero attached hydrogens (tertiary/aromatic N) is 1. The van der Waals surface area contributed by atoms with Gasteiger partial charge in [0.25, 0.3) is 5.69 Å². The van der Waals surface area contributed by atoms with Gasteiger partial charge in [0.15, 0.2) is 0 Å². The second-order valence-corrected chi connectivity index (χ2v) is 7.42. The average molecular weight is 362 g/mol. The number of hydrogen-bond donors (Lipinski definition) is 0. The predicted octanol–water partition coefficient (Wildman–Crippen LogP) is 3.93. The Morgan fingerprint density at radius 1 is 1.16 bits per heavy atom. The highest BCUT2D eigenvalue weighted by Gasteiger charge is 2.22. The quantitative estimate of drug-likeness (QED) is 0.422. The molecule has 1 atom stereocenters. The minimum Gasteiger partial charge on any atom is -0.744 e. The Bertz CT molecular complexity index is 877. The first kappa shape index (κ1) is 19.1. The molecule has 0 fully saturated rings. The minimum atomic E-state index is -4.62. The van der Waals surface area contributed by atoms with Gasteiger partial charge in [0.1, 0.15) is 10.1 Å². The summed E-state index contributed by atoms with van der Waals surface area (Å²) in [5.41, 5.74) is 1.81. The first-order valence-corrected chi connectivity index (χ1v) is 9.43. The lowest BCUT2D eigenvalue weighted by atomic mass is 9.87. The molecule has 2 aromatic rings. The van der Waals surface area contributed by atoms with E-state index in [-0.39, 0.29) is 16.5 Å². The summed E-state index contributed by atoms with van der Waals surface area (Å²) in [6.45, 7) is 3.77. The van der Waals surface area contributed by atoms with Gasteiger partial charge >= 0.3 is 0 Å². The Morgan fingerprint density at radius 2 is 1.84 bits per heavy atom. The molecule has 0 saturated carbocycles. The number of nitro benzene ring substituents is 1. The van der Waals surface area contributed by atoms with Crippen molar-refractivity contribution in [1.29, 1.82) is 0 Å². The molecule has 7 heteroatoms. The number of nitro groups is 1. The normalized spacial score (nSPS) is 12.8. The molecule has 6 nitrogen and oxygen atoms in total. The summed E-state index contributed by atoms with van der Waals surface area (Å²) in [5, 5.41) is 11.2. The largest absolute Gasteiger partial charge is 0.744 e. The summed E-state index contributed by atoms with van der Waals surface area (Å²) < 4.78 is 34.9. The Hall–Kier alpha value is -2.25. The van der Waals surface area contributed by atoms with E-state index in [2.05, 4.69) is 0 Å². The van der Waals surface area contributed by atoms with Gasteiger partial charge in [-0.1, -0.05) is 49.2 Å². The van der Waals surface area contributed by atoms with Crippen molar-refractivity contribution in [3.05, 3.63) is 69.3 Å². The van der Waals surface area contributed by atoms with Crippen LogP contribution in [0.5, 0.6) is 0 Å². The third-order valence-corrected chi connectivity index (χ3v) is 5.08. The maximum absolute atomic E-state index is 11.6. The molecule has 0 amide bonds. The van der Waals surface area contributed by atoms with E-state index in [4.69, 9.17) is 0 Å². The summed E-state index contributed by atoms with van der Waals surface area (Å²) in [5.74, 6) is -0.287. The SMILES string of the molecule is CCCC(Cc1ccccc1[N+](=O)[O-])c1cc(C)ccc1S(=O)(=O)[O-]. The van der Waals surface area contributed by atoms with Crippen LogP contribution in [0.1, 0.15) is 42.4 Å². The molecule has 2 aromatic carbocycles. The molecule has 1 unspecified atom stereocenters. The molecular weight excluding hydrogens is 342 g/mol. The molecule has 0 aromatic heterocycles. The summed E-state index contributed by atoms with van der Waals surface area (Å²) in [6, 6.07) is 11.0. The summed E-state index contributed by atoms with van der Waals surface area (Å²) in [6.07, 6.45) is 1.69. The number of hydrogen-bond acceptors (Lipinski definition) is 5. The number of aryl methyl sites for hydroxylation is 1. The molecule has 0 aliphatic rings. The summed E-state index contributed by atoms with van der Waals surface area (Å²) in [4.78, 5) is 10.6. The van der Waals surface area contributed by atoms with E-state index in [9.17, 15) is 23.1 Å². The van der Waals surface area contributed by atoms with Gasteiger partial charge in [0.2, 0.25) is 0 Å². The molecular formula is C18H20NO5S-. The van der Waals surface area contributed by atoms with Crippen LogP contribution in [0.4, 0.5) is 5.69 Å². The van der Waals surface area contributed by atoms with Gasteiger partial charge in [-0.15, -0.1) is 0 Å². The molecule has 0 bridgehead atoms. The molecule has 2 rings (SSSR count). The van der Waals surface area contributed by atoms with Crippen molar-refractivity contribution in [3.63, 3.8) is 0 Å². The van der Waals surface area contributed by atoms with Crippen LogP contribution in [0.3, 0.4) is 0 Å². The zero-order valence-electron chi connectivity index (χ0n) is 14.1. The van der Waals surface area contributed by atoms with Crippen molar-refractivity contribution in [2.45, 2.75) is 43.9 Å². The number of para-hydroxylation sites is 1. The zero-order valence-corrected chi connectivity index (χ0v) is 15.0. The zero-order chi connectivity index (χ0) is 18.6. The van der Waals surface area contributed by atoms with Crippen LogP contribution in [0.15, 0.2) is 47.4 Å². The van der Waals surface area contributed by atoms with Crippen LogP contribution in [-0.4, -0.2) is 17.9 Å². The topological polar surface area (TPSA) is 100 Å². The molecule has 0 saturated heterocycles.